The van der Waals surface area contributed by atoms with Gasteiger partial charge in [-0.3, -0.25) is 4.68 Å². The molecule has 8 nitrogen and oxygen atoms in total. The fourth-order valence-electron chi connectivity index (χ4n) is 2.80. The Morgan fingerprint density at radius 3 is 2.23 bits per heavy atom. The summed E-state index contributed by atoms with van der Waals surface area (Å²) < 4.78 is 48.9. The number of halogens is 3. The second-order valence-electron chi connectivity index (χ2n) is 6.03. The second-order valence-corrected chi connectivity index (χ2v) is 6.03. The minimum Gasteiger partial charge on any atom is -0.497 e. The number of rotatable bonds is 4. The molecule has 0 fully saturated rings. The number of ether oxygens (including phenoxy) is 3. The molecule has 1 aromatic heterocycles. The highest BCUT2D eigenvalue weighted by atomic mass is 19.4. The summed E-state index contributed by atoms with van der Waals surface area (Å²) in [6.45, 7) is 0. The molecule has 0 amide bonds. The monoisotopic (exact) mass is 442 g/mol. The van der Waals surface area contributed by atoms with Crippen LogP contribution in [0.25, 0.3) is 22.0 Å². The van der Waals surface area contributed by atoms with Crippen molar-refractivity contribution in [2.75, 3.05) is 21.3 Å². The Labute approximate surface area is 176 Å². The lowest BCUT2D eigenvalue weighted by atomic mass is 10.0. The van der Waals surface area contributed by atoms with E-state index in [0.29, 0.717) is 22.7 Å². The number of carbonyl (C=O) groups excluding carboxylic acids is 1. The molecular formula is C20H21F3N2O6. The third-order valence-corrected chi connectivity index (χ3v) is 4.18. The maximum atomic E-state index is 12.1. The van der Waals surface area contributed by atoms with Gasteiger partial charge in [0, 0.05) is 25.0 Å². The molecule has 1 N–H and O–H groups in total. The maximum absolute atomic E-state index is 12.1. The van der Waals surface area contributed by atoms with Gasteiger partial charge in [-0.1, -0.05) is 18.2 Å². The van der Waals surface area contributed by atoms with Crippen molar-refractivity contribution in [3.8, 4) is 22.6 Å². The second kappa shape index (κ2) is 9.37. The lowest BCUT2D eigenvalue weighted by molar-refractivity contribution is -0.192. The molecule has 0 unspecified atom stereocenters. The van der Waals surface area contributed by atoms with Gasteiger partial charge >= 0.3 is 18.1 Å². The Bertz CT molecular complexity index is 1110. The first kappa shape index (κ1) is 23.5. The van der Waals surface area contributed by atoms with Crippen molar-refractivity contribution in [2.24, 2.45) is 7.05 Å². The Kier molecular flexibility index (Phi) is 7.11. The molecule has 3 aromatic rings. The molecule has 3 rings (SSSR count). The summed E-state index contributed by atoms with van der Waals surface area (Å²) in [5.41, 5.74) is 2.81. The largest absolute Gasteiger partial charge is 0.497 e. The molecule has 2 aromatic carbocycles. The van der Waals surface area contributed by atoms with Crippen LogP contribution in [-0.2, 0) is 16.6 Å². The number of nitrogens with zero attached hydrogens (tertiary/aromatic N) is 2. The number of alkyl halides is 3. The summed E-state index contributed by atoms with van der Waals surface area (Å²) in [6, 6.07) is 11.2. The Morgan fingerprint density at radius 1 is 1.06 bits per heavy atom. The molecule has 0 atom stereocenters. The minimum atomic E-state index is -5.08. The number of aryl methyl sites for hydroxylation is 1. The van der Waals surface area contributed by atoms with Crippen LogP contribution in [0.2, 0.25) is 0 Å². The van der Waals surface area contributed by atoms with Crippen LogP contribution in [0.15, 0.2) is 36.4 Å². The normalized spacial score (nSPS) is 10.8. The molecule has 11 heteroatoms. The molecule has 0 aliphatic rings. The number of benzene rings is 2. The van der Waals surface area contributed by atoms with Crippen molar-refractivity contribution in [3.63, 3.8) is 0 Å². The predicted molar refractivity (Wildman–Crippen MR) is 106 cm³/mol. The molecule has 31 heavy (non-hydrogen) atoms. The van der Waals surface area contributed by atoms with E-state index < -0.39 is 18.1 Å². The third-order valence-electron chi connectivity index (χ3n) is 4.18. The van der Waals surface area contributed by atoms with E-state index in [1.54, 1.807) is 21.3 Å². The SMILES string of the molecule is COC(=O)c1c2cccc(-c3cc(OC)ccc3OC)c2nn1C.O=C(O)C(F)(F)F.[HH]. The molecule has 0 bridgehead atoms. The molecule has 0 aliphatic carbocycles. The number of esters is 1. The first-order valence-corrected chi connectivity index (χ1v) is 8.61. The highest BCUT2D eigenvalue weighted by Crippen LogP contribution is 2.37. The zero-order valence-electron chi connectivity index (χ0n) is 17.0. The average Bonchev–Trinajstić information content (AvgIpc) is 3.08. The number of fused-ring (bicyclic) bond motifs is 1. The number of aliphatic carboxylic acids is 1. The van der Waals surface area contributed by atoms with Crippen LogP contribution in [0.1, 0.15) is 11.9 Å². The Balaban J connectivity index is 0.000000558. The van der Waals surface area contributed by atoms with Crippen molar-refractivity contribution >= 4 is 22.8 Å². The highest BCUT2D eigenvalue weighted by molar-refractivity contribution is 6.06. The number of carboxylic acids is 1. The van der Waals surface area contributed by atoms with E-state index >= 15 is 0 Å². The summed E-state index contributed by atoms with van der Waals surface area (Å²) in [5, 5.41) is 12.4. The van der Waals surface area contributed by atoms with E-state index in [4.69, 9.17) is 24.1 Å². The quantitative estimate of drug-likeness (QED) is 0.611. The van der Waals surface area contributed by atoms with Gasteiger partial charge in [0.2, 0.25) is 0 Å². The number of carboxylic acid groups (broad SMARTS) is 1. The van der Waals surface area contributed by atoms with Gasteiger partial charge in [-0.15, -0.1) is 0 Å². The van der Waals surface area contributed by atoms with Crippen molar-refractivity contribution < 1.29 is 43.5 Å². The van der Waals surface area contributed by atoms with Crippen LogP contribution >= 0.6 is 0 Å². The van der Waals surface area contributed by atoms with Gasteiger partial charge in [0.05, 0.1) is 21.3 Å². The van der Waals surface area contributed by atoms with Gasteiger partial charge < -0.3 is 19.3 Å². The topological polar surface area (TPSA) is 99.9 Å². The molecule has 0 saturated carbocycles. The summed E-state index contributed by atoms with van der Waals surface area (Å²) >= 11 is 0. The van der Waals surface area contributed by atoms with E-state index in [1.165, 1.54) is 11.8 Å². The average molecular weight is 442 g/mol. The van der Waals surface area contributed by atoms with Crippen molar-refractivity contribution in [3.05, 3.63) is 42.1 Å². The first-order chi connectivity index (χ1) is 14.5. The molecule has 0 radical (unpaired) electrons. The van der Waals surface area contributed by atoms with E-state index in [-0.39, 0.29) is 1.43 Å². The van der Waals surface area contributed by atoms with Crippen LogP contribution in [0.5, 0.6) is 11.5 Å². The molecule has 0 aliphatic heterocycles. The highest BCUT2D eigenvalue weighted by Gasteiger charge is 2.38. The summed E-state index contributed by atoms with van der Waals surface area (Å²) in [5.74, 6) is -1.76. The molecule has 0 spiro atoms. The van der Waals surface area contributed by atoms with Crippen LogP contribution < -0.4 is 9.47 Å². The molecular weight excluding hydrogens is 421 g/mol. The van der Waals surface area contributed by atoms with Crippen LogP contribution in [0, 0.1) is 0 Å². The Hall–Kier alpha value is -3.76. The van der Waals surface area contributed by atoms with Crippen molar-refractivity contribution in [1.82, 2.24) is 9.78 Å². The number of hydrogen-bond donors (Lipinski definition) is 1. The third kappa shape index (κ3) is 5.05. The number of carbonyl (C=O) groups is 2. The number of methoxy groups -OCH3 is 3. The fourth-order valence-corrected chi connectivity index (χ4v) is 2.80. The van der Waals surface area contributed by atoms with Crippen LogP contribution in [0.3, 0.4) is 0 Å². The minimum absolute atomic E-state index is 0. The van der Waals surface area contributed by atoms with Crippen LogP contribution in [0.4, 0.5) is 13.2 Å². The van der Waals surface area contributed by atoms with Gasteiger partial charge in [0.15, 0.2) is 5.69 Å². The van der Waals surface area contributed by atoms with E-state index in [1.807, 2.05) is 36.4 Å². The zero-order valence-corrected chi connectivity index (χ0v) is 17.0. The summed E-state index contributed by atoms with van der Waals surface area (Å²) in [6.07, 6.45) is -5.08. The first-order valence-electron chi connectivity index (χ1n) is 8.61. The zero-order chi connectivity index (χ0) is 23.3. The fraction of sp³-hybridized carbons (Fsp3) is 0.250. The predicted octanol–water partition coefficient (Wildman–Crippen LogP) is 3.92. The molecule has 0 saturated heterocycles. The van der Waals surface area contributed by atoms with Gasteiger partial charge in [0.1, 0.15) is 17.0 Å². The van der Waals surface area contributed by atoms with Gasteiger partial charge in [-0.05, 0) is 18.2 Å². The lowest BCUT2D eigenvalue weighted by Gasteiger charge is -2.11. The Morgan fingerprint density at radius 2 is 1.71 bits per heavy atom. The van der Waals surface area contributed by atoms with Gasteiger partial charge in [0.25, 0.3) is 0 Å². The standard InChI is InChI=1S/C18H18N2O4.C2HF3O2.H2/c1-20-17(18(21)24-4)13-7-5-6-12(16(13)19-20)14-10-11(22-2)8-9-15(14)23-3;3-2(4,5)1(6)7;/h5-10H,1-4H3;(H,6,7);1H. The summed E-state index contributed by atoms with van der Waals surface area (Å²) in [4.78, 5) is 20.9. The number of aromatic nitrogens is 2. The van der Waals surface area contributed by atoms with Gasteiger partial charge in [-0.2, -0.15) is 18.3 Å². The van der Waals surface area contributed by atoms with Crippen LogP contribution in [-0.4, -0.2) is 54.3 Å². The molecule has 168 valence electrons. The van der Waals surface area contributed by atoms with E-state index in [2.05, 4.69) is 5.10 Å². The van der Waals surface area contributed by atoms with Gasteiger partial charge in [-0.25, -0.2) is 9.59 Å². The summed E-state index contributed by atoms with van der Waals surface area (Å²) in [7, 11) is 6.31. The smallest absolute Gasteiger partial charge is 0.490 e. The van der Waals surface area contributed by atoms with Crippen molar-refractivity contribution in [2.45, 2.75) is 6.18 Å². The van der Waals surface area contributed by atoms with E-state index in [9.17, 15) is 18.0 Å². The molecule has 1 heterocycles. The van der Waals surface area contributed by atoms with E-state index in [0.717, 1.165) is 16.5 Å². The lowest BCUT2D eigenvalue weighted by Crippen LogP contribution is -2.21. The maximum Gasteiger partial charge on any atom is 0.490 e. The number of hydrogen-bond acceptors (Lipinski definition) is 6. The van der Waals surface area contributed by atoms with Crippen molar-refractivity contribution in [1.29, 1.82) is 0 Å².